The Hall–Kier alpha value is -2.57. The van der Waals surface area contributed by atoms with Crippen LogP contribution in [-0.4, -0.2) is 25.8 Å². The molecule has 17 heavy (non-hydrogen) atoms. The Bertz CT molecular complexity index is 564. The first-order valence-corrected chi connectivity index (χ1v) is 4.72. The molecule has 0 saturated carbocycles. The van der Waals surface area contributed by atoms with Crippen LogP contribution in [0.2, 0.25) is 0 Å². The van der Waals surface area contributed by atoms with Crippen molar-refractivity contribution in [3.8, 4) is 11.8 Å². The van der Waals surface area contributed by atoms with Gasteiger partial charge in [0.15, 0.2) is 0 Å². The fourth-order valence-electron chi connectivity index (χ4n) is 1.27. The van der Waals surface area contributed by atoms with E-state index in [0.717, 1.165) is 0 Å². The summed E-state index contributed by atoms with van der Waals surface area (Å²) in [6.45, 7) is 0. The molecule has 0 aliphatic carbocycles. The van der Waals surface area contributed by atoms with Crippen molar-refractivity contribution in [3.63, 3.8) is 0 Å². The summed E-state index contributed by atoms with van der Waals surface area (Å²) in [6.07, 6.45) is 1.45. The zero-order chi connectivity index (χ0) is 12.4. The molecule has 3 N–H and O–H groups in total. The lowest BCUT2D eigenvalue weighted by Gasteiger charge is -2.05. The molecule has 0 atom stereocenters. The van der Waals surface area contributed by atoms with E-state index in [2.05, 4.69) is 10.1 Å². The zero-order valence-corrected chi connectivity index (χ0v) is 8.99. The van der Waals surface area contributed by atoms with Gasteiger partial charge in [-0.2, -0.15) is 4.98 Å². The van der Waals surface area contributed by atoms with E-state index >= 15 is 0 Å². The fraction of sp³-hybridized carbons (Fsp3) is 0.100. The zero-order valence-electron chi connectivity index (χ0n) is 8.99. The Morgan fingerprint density at radius 3 is 2.88 bits per heavy atom. The Morgan fingerprint density at radius 1 is 1.53 bits per heavy atom. The summed E-state index contributed by atoms with van der Waals surface area (Å²) < 4.78 is 6.72. The number of carboxylic acids is 1. The van der Waals surface area contributed by atoms with Crippen molar-refractivity contribution in [3.05, 3.63) is 30.1 Å². The number of rotatable bonds is 3. The monoisotopic (exact) mass is 234 g/mol. The summed E-state index contributed by atoms with van der Waals surface area (Å²) in [6, 6.07) is 4.42. The summed E-state index contributed by atoms with van der Waals surface area (Å²) in [5.74, 6) is -0.971. The molecule has 0 radical (unpaired) electrons. The average molecular weight is 234 g/mol. The smallest absolute Gasteiger partial charge is 0.341 e. The molecule has 0 spiro atoms. The van der Waals surface area contributed by atoms with Crippen LogP contribution >= 0.6 is 0 Å². The van der Waals surface area contributed by atoms with Gasteiger partial charge in [-0.05, 0) is 18.2 Å². The largest absolute Gasteiger partial charge is 0.478 e. The molecule has 2 rings (SSSR count). The van der Waals surface area contributed by atoms with Crippen LogP contribution in [0.3, 0.4) is 0 Å². The lowest BCUT2D eigenvalue weighted by atomic mass is 10.2. The van der Waals surface area contributed by atoms with E-state index in [1.807, 2.05) is 0 Å². The molecule has 0 fully saturated rings. The number of hydrogen-bond acceptors (Lipinski definition) is 5. The number of hydrogen-bond donors (Lipinski definition) is 2. The number of ether oxygens (including phenoxy) is 1. The Morgan fingerprint density at radius 2 is 2.29 bits per heavy atom. The van der Waals surface area contributed by atoms with E-state index in [0.29, 0.717) is 5.69 Å². The Kier molecular flexibility index (Phi) is 2.65. The van der Waals surface area contributed by atoms with E-state index in [-0.39, 0.29) is 17.3 Å². The van der Waals surface area contributed by atoms with Crippen LogP contribution in [0.15, 0.2) is 24.5 Å². The third kappa shape index (κ3) is 2.33. The van der Waals surface area contributed by atoms with Gasteiger partial charge in [-0.25, -0.2) is 4.79 Å². The van der Waals surface area contributed by atoms with Crippen LogP contribution in [0, 0.1) is 0 Å². The predicted molar refractivity (Wildman–Crippen MR) is 58.9 cm³/mol. The Labute approximate surface area is 96.5 Å². The SMILES string of the molecule is Cn1cnc(Oc2ccc(N)cc2C(=O)O)n1. The van der Waals surface area contributed by atoms with Gasteiger partial charge < -0.3 is 15.6 Å². The number of benzene rings is 1. The molecule has 7 nitrogen and oxygen atoms in total. The fourth-order valence-corrected chi connectivity index (χ4v) is 1.27. The van der Waals surface area contributed by atoms with Gasteiger partial charge in [0.05, 0.1) is 0 Å². The van der Waals surface area contributed by atoms with E-state index in [1.54, 1.807) is 13.1 Å². The molecule has 0 amide bonds. The van der Waals surface area contributed by atoms with Gasteiger partial charge in [0, 0.05) is 12.7 Å². The van der Waals surface area contributed by atoms with Crippen LogP contribution in [0.5, 0.6) is 11.8 Å². The third-order valence-corrected chi connectivity index (χ3v) is 2.01. The van der Waals surface area contributed by atoms with Gasteiger partial charge in [0.2, 0.25) is 0 Å². The average Bonchev–Trinajstić information content (AvgIpc) is 2.66. The van der Waals surface area contributed by atoms with Crippen LogP contribution in [-0.2, 0) is 7.05 Å². The van der Waals surface area contributed by atoms with Crippen LogP contribution in [0.4, 0.5) is 5.69 Å². The van der Waals surface area contributed by atoms with E-state index in [9.17, 15) is 4.79 Å². The van der Waals surface area contributed by atoms with Crippen LogP contribution < -0.4 is 10.5 Å². The molecular weight excluding hydrogens is 224 g/mol. The van der Waals surface area contributed by atoms with Gasteiger partial charge in [0.25, 0.3) is 0 Å². The first-order chi connectivity index (χ1) is 8.06. The van der Waals surface area contributed by atoms with Gasteiger partial charge in [-0.3, -0.25) is 4.68 Å². The number of aryl methyl sites for hydroxylation is 1. The predicted octanol–water partition coefficient (Wildman–Crippen LogP) is 0.888. The first-order valence-electron chi connectivity index (χ1n) is 4.72. The lowest BCUT2D eigenvalue weighted by molar-refractivity contribution is 0.0694. The molecule has 7 heteroatoms. The van der Waals surface area contributed by atoms with Gasteiger partial charge >= 0.3 is 12.0 Å². The van der Waals surface area contributed by atoms with Crippen molar-refractivity contribution in [1.82, 2.24) is 14.8 Å². The highest BCUT2D eigenvalue weighted by Crippen LogP contribution is 2.24. The molecule has 0 unspecified atom stereocenters. The number of nitrogens with two attached hydrogens (primary N) is 1. The second-order valence-electron chi connectivity index (χ2n) is 3.36. The van der Waals surface area contributed by atoms with Crippen molar-refractivity contribution < 1.29 is 14.6 Å². The lowest BCUT2D eigenvalue weighted by Crippen LogP contribution is -2.02. The molecule has 0 bridgehead atoms. The highest BCUT2D eigenvalue weighted by molar-refractivity contribution is 5.92. The molecule has 88 valence electrons. The number of anilines is 1. The number of carboxylic acid groups (broad SMARTS) is 1. The van der Waals surface area contributed by atoms with Crippen molar-refractivity contribution >= 4 is 11.7 Å². The highest BCUT2D eigenvalue weighted by atomic mass is 16.5. The number of nitrogen functional groups attached to an aromatic ring is 1. The molecule has 1 aromatic carbocycles. The summed E-state index contributed by atoms with van der Waals surface area (Å²) in [5, 5.41) is 12.9. The standard InChI is InChI=1S/C10H10N4O3/c1-14-5-12-10(13-14)17-8-3-2-6(11)4-7(8)9(15)16/h2-5H,11H2,1H3,(H,15,16). The third-order valence-electron chi connectivity index (χ3n) is 2.01. The maximum absolute atomic E-state index is 11.0. The van der Waals surface area contributed by atoms with Crippen molar-refractivity contribution in [2.24, 2.45) is 7.05 Å². The minimum absolute atomic E-state index is 0.0301. The van der Waals surface area contributed by atoms with Crippen LogP contribution in [0.25, 0.3) is 0 Å². The Balaban J connectivity index is 2.35. The summed E-state index contributed by atoms with van der Waals surface area (Å²) in [7, 11) is 1.68. The normalized spacial score (nSPS) is 10.2. The maximum Gasteiger partial charge on any atom is 0.341 e. The van der Waals surface area contributed by atoms with Crippen LogP contribution in [0.1, 0.15) is 10.4 Å². The molecule has 1 heterocycles. The van der Waals surface area contributed by atoms with E-state index in [1.165, 1.54) is 23.1 Å². The maximum atomic E-state index is 11.0. The summed E-state index contributed by atoms with van der Waals surface area (Å²) in [5.41, 5.74) is 5.83. The molecule has 1 aromatic heterocycles. The van der Waals surface area contributed by atoms with Gasteiger partial charge in [-0.1, -0.05) is 0 Å². The molecule has 0 saturated heterocycles. The van der Waals surface area contributed by atoms with E-state index in [4.69, 9.17) is 15.6 Å². The van der Waals surface area contributed by atoms with Gasteiger partial charge in [0.1, 0.15) is 17.6 Å². The second-order valence-corrected chi connectivity index (χ2v) is 3.36. The molecule has 2 aromatic rings. The quantitative estimate of drug-likeness (QED) is 0.764. The first kappa shape index (κ1) is 10.9. The minimum Gasteiger partial charge on any atom is -0.478 e. The number of aromatic carboxylic acids is 1. The molecular formula is C10H10N4O3. The number of carbonyl (C=O) groups is 1. The number of aromatic nitrogens is 3. The highest BCUT2D eigenvalue weighted by Gasteiger charge is 2.13. The summed E-state index contributed by atoms with van der Waals surface area (Å²) in [4.78, 5) is 14.8. The van der Waals surface area contributed by atoms with Crippen molar-refractivity contribution in [2.75, 3.05) is 5.73 Å². The molecule has 0 aliphatic heterocycles. The van der Waals surface area contributed by atoms with Gasteiger partial charge in [-0.15, -0.1) is 5.10 Å². The van der Waals surface area contributed by atoms with Crippen molar-refractivity contribution in [1.29, 1.82) is 0 Å². The second kappa shape index (κ2) is 4.12. The minimum atomic E-state index is -1.12. The topological polar surface area (TPSA) is 103 Å². The summed E-state index contributed by atoms with van der Waals surface area (Å²) >= 11 is 0. The molecule has 0 aliphatic rings. The number of nitrogens with zero attached hydrogens (tertiary/aromatic N) is 3. The van der Waals surface area contributed by atoms with E-state index < -0.39 is 5.97 Å². The van der Waals surface area contributed by atoms with Crippen molar-refractivity contribution in [2.45, 2.75) is 0 Å².